The molecule has 1 heterocycles. The lowest BCUT2D eigenvalue weighted by molar-refractivity contribution is 0.465. The van der Waals surface area contributed by atoms with E-state index in [1.54, 1.807) is 0 Å². The number of aromatic hydroxyl groups is 1. The predicted octanol–water partition coefficient (Wildman–Crippen LogP) is 5.68. The minimum Gasteiger partial charge on any atom is -0.506 e. The molecule has 2 N–H and O–H groups in total. The Balaban J connectivity index is 1.90. The number of fused-ring (bicyclic) bond motifs is 1. The summed E-state index contributed by atoms with van der Waals surface area (Å²) in [5, 5.41) is 13.6. The Hall–Kier alpha value is -1.53. The standard InChI is InChI=1S/C18H19Br2N3O/c1-2-3-8-23-16-7-5-4-6-15(16)22-18(23)21-11-12-9-13(19)10-14(20)17(12)24/h4-7,9-10,24H,2-3,8,11H2,1H3,(H,21,22). The van der Waals surface area contributed by atoms with Crippen LogP contribution in [0.1, 0.15) is 25.3 Å². The smallest absolute Gasteiger partial charge is 0.204 e. The van der Waals surface area contributed by atoms with Gasteiger partial charge in [-0.3, -0.25) is 0 Å². The third-order valence-electron chi connectivity index (χ3n) is 3.93. The molecule has 0 atom stereocenters. The molecule has 0 unspecified atom stereocenters. The van der Waals surface area contributed by atoms with Crippen LogP contribution in [0.15, 0.2) is 45.3 Å². The highest BCUT2D eigenvalue weighted by molar-refractivity contribution is 9.11. The monoisotopic (exact) mass is 451 g/mol. The van der Waals surface area contributed by atoms with Crippen molar-refractivity contribution in [2.45, 2.75) is 32.9 Å². The molecule has 3 rings (SSSR count). The number of benzene rings is 2. The van der Waals surface area contributed by atoms with Crippen molar-refractivity contribution >= 4 is 48.8 Å². The van der Waals surface area contributed by atoms with E-state index in [4.69, 9.17) is 4.98 Å². The highest BCUT2D eigenvalue weighted by Gasteiger charge is 2.12. The van der Waals surface area contributed by atoms with Crippen molar-refractivity contribution in [3.63, 3.8) is 0 Å². The van der Waals surface area contributed by atoms with Crippen LogP contribution in [0.25, 0.3) is 11.0 Å². The second-order valence-corrected chi connectivity index (χ2v) is 7.45. The molecule has 24 heavy (non-hydrogen) atoms. The molecular formula is C18H19Br2N3O. The normalized spacial score (nSPS) is 11.1. The molecule has 126 valence electrons. The molecule has 0 bridgehead atoms. The van der Waals surface area contributed by atoms with E-state index in [0.717, 1.165) is 46.4 Å². The average molecular weight is 453 g/mol. The lowest BCUT2D eigenvalue weighted by atomic mass is 10.2. The summed E-state index contributed by atoms with van der Waals surface area (Å²) in [7, 11) is 0. The number of nitrogens with one attached hydrogen (secondary N) is 1. The van der Waals surface area contributed by atoms with Gasteiger partial charge in [0.25, 0.3) is 0 Å². The zero-order valence-corrected chi connectivity index (χ0v) is 16.6. The Morgan fingerprint density at radius 2 is 2.00 bits per heavy atom. The number of phenolic OH excluding ortho intramolecular Hbond substituents is 1. The molecular weight excluding hydrogens is 434 g/mol. The van der Waals surface area contributed by atoms with Crippen molar-refractivity contribution in [2.75, 3.05) is 5.32 Å². The zero-order valence-electron chi connectivity index (χ0n) is 13.4. The van der Waals surface area contributed by atoms with Gasteiger partial charge < -0.3 is 15.0 Å². The van der Waals surface area contributed by atoms with Gasteiger partial charge in [0.15, 0.2) is 0 Å². The summed E-state index contributed by atoms with van der Waals surface area (Å²) in [6.45, 7) is 3.61. The van der Waals surface area contributed by atoms with Gasteiger partial charge in [-0.1, -0.05) is 41.4 Å². The third-order valence-corrected chi connectivity index (χ3v) is 5.00. The van der Waals surface area contributed by atoms with E-state index in [-0.39, 0.29) is 5.75 Å². The summed E-state index contributed by atoms with van der Waals surface area (Å²) >= 11 is 6.83. The third kappa shape index (κ3) is 3.59. The molecule has 2 aromatic carbocycles. The van der Waals surface area contributed by atoms with Crippen LogP contribution in [0.4, 0.5) is 5.95 Å². The maximum atomic E-state index is 10.2. The summed E-state index contributed by atoms with van der Waals surface area (Å²) in [4.78, 5) is 4.70. The highest BCUT2D eigenvalue weighted by Crippen LogP contribution is 2.32. The number of imidazole rings is 1. The molecule has 3 aromatic rings. The molecule has 0 aliphatic rings. The SMILES string of the molecule is CCCCn1c(NCc2cc(Br)cc(Br)c2O)nc2ccccc21. The van der Waals surface area contributed by atoms with E-state index in [1.807, 2.05) is 30.3 Å². The Kier molecular flexibility index (Phi) is 5.46. The van der Waals surface area contributed by atoms with Gasteiger partial charge in [-0.15, -0.1) is 0 Å². The number of para-hydroxylation sites is 2. The van der Waals surface area contributed by atoms with Crippen LogP contribution < -0.4 is 5.32 Å². The van der Waals surface area contributed by atoms with Gasteiger partial charge in [-0.05, 0) is 46.6 Å². The van der Waals surface area contributed by atoms with E-state index in [9.17, 15) is 5.11 Å². The van der Waals surface area contributed by atoms with Crippen LogP contribution in [-0.2, 0) is 13.1 Å². The minimum absolute atomic E-state index is 0.252. The van der Waals surface area contributed by atoms with Crippen LogP contribution in [-0.4, -0.2) is 14.7 Å². The Labute approximate surface area is 158 Å². The first kappa shape index (κ1) is 17.3. The average Bonchev–Trinajstić information content (AvgIpc) is 2.92. The molecule has 4 nitrogen and oxygen atoms in total. The second-order valence-electron chi connectivity index (χ2n) is 5.68. The van der Waals surface area contributed by atoms with E-state index in [1.165, 1.54) is 0 Å². The number of aryl methyl sites for hydroxylation is 1. The van der Waals surface area contributed by atoms with Gasteiger partial charge in [0.2, 0.25) is 5.95 Å². The molecule has 1 aromatic heterocycles. The lowest BCUT2D eigenvalue weighted by Crippen LogP contribution is -2.08. The fraction of sp³-hybridized carbons (Fsp3) is 0.278. The molecule has 0 aliphatic carbocycles. The first-order chi connectivity index (χ1) is 11.6. The molecule has 0 spiro atoms. The molecule has 0 saturated carbocycles. The minimum atomic E-state index is 0.252. The van der Waals surface area contributed by atoms with Gasteiger partial charge in [0.05, 0.1) is 15.5 Å². The molecule has 0 aliphatic heterocycles. The Morgan fingerprint density at radius 3 is 2.79 bits per heavy atom. The lowest BCUT2D eigenvalue weighted by Gasteiger charge is -2.12. The fourth-order valence-corrected chi connectivity index (χ4v) is 4.00. The number of hydrogen-bond donors (Lipinski definition) is 2. The summed E-state index contributed by atoms with van der Waals surface area (Å²) in [5.41, 5.74) is 2.93. The van der Waals surface area contributed by atoms with Crippen LogP contribution in [0.5, 0.6) is 5.75 Å². The Bertz CT molecular complexity index is 861. The van der Waals surface area contributed by atoms with Gasteiger partial charge in [-0.25, -0.2) is 4.98 Å². The van der Waals surface area contributed by atoms with Crippen molar-refractivity contribution in [3.8, 4) is 5.75 Å². The molecule has 0 fully saturated rings. The number of halogens is 2. The fourth-order valence-electron chi connectivity index (χ4n) is 2.68. The predicted molar refractivity (Wildman–Crippen MR) is 105 cm³/mol. The van der Waals surface area contributed by atoms with Gasteiger partial charge >= 0.3 is 0 Å². The molecule has 0 radical (unpaired) electrons. The van der Waals surface area contributed by atoms with Crippen molar-refractivity contribution in [2.24, 2.45) is 0 Å². The number of nitrogens with zero attached hydrogens (tertiary/aromatic N) is 2. The van der Waals surface area contributed by atoms with Gasteiger partial charge in [0.1, 0.15) is 5.75 Å². The number of aromatic nitrogens is 2. The van der Waals surface area contributed by atoms with Gasteiger partial charge in [-0.2, -0.15) is 0 Å². The van der Waals surface area contributed by atoms with E-state index >= 15 is 0 Å². The first-order valence-electron chi connectivity index (χ1n) is 7.96. The Morgan fingerprint density at radius 1 is 1.21 bits per heavy atom. The number of rotatable bonds is 6. The van der Waals surface area contributed by atoms with E-state index in [2.05, 4.69) is 54.7 Å². The van der Waals surface area contributed by atoms with Crippen LogP contribution in [0.3, 0.4) is 0 Å². The molecule has 0 amide bonds. The van der Waals surface area contributed by atoms with Gasteiger partial charge in [0, 0.05) is 23.1 Å². The summed E-state index contributed by atoms with van der Waals surface area (Å²) in [6, 6.07) is 11.9. The van der Waals surface area contributed by atoms with Crippen molar-refractivity contribution < 1.29 is 5.11 Å². The largest absolute Gasteiger partial charge is 0.506 e. The number of anilines is 1. The number of hydrogen-bond acceptors (Lipinski definition) is 3. The summed E-state index contributed by atoms with van der Waals surface area (Å²) < 4.78 is 3.81. The van der Waals surface area contributed by atoms with Crippen molar-refractivity contribution in [3.05, 3.63) is 50.9 Å². The van der Waals surface area contributed by atoms with E-state index < -0.39 is 0 Å². The van der Waals surface area contributed by atoms with E-state index in [0.29, 0.717) is 11.0 Å². The van der Waals surface area contributed by atoms with Crippen molar-refractivity contribution in [1.29, 1.82) is 0 Å². The quantitative estimate of drug-likeness (QED) is 0.505. The van der Waals surface area contributed by atoms with Crippen LogP contribution in [0, 0.1) is 0 Å². The van der Waals surface area contributed by atoms with Crippen LogP contribution in [0.2, 0.25) is 0 Å². The topological polar surface area (TPSA) is 50.1 Å². The van der Waals surface area contributed by atoms with Crippen LogP contribution >= 0.6 is 31.9 Å². The molecule has 6 heteroatoms. The number of unbranched alkanes of at least 4 members (excludes halogenated alkanes) is 1. The molecule has 0 saturated heterocycles. The maximum absolute atomic E-state index is 10.2. The summed E-state index contributed by atoms with van der Waals surface area (Å²) in [5.74, 6) is 1.09. The second kappa shape index (κ2) is 7.57. The van der Waals surface area contributed by atoms with Crippen molar-refractivity contribution in [1.82, 2.24) is 9.55 Å². The first-order valence-corrected chi connectivity index (χ1v) is 9.54. The zero-order chi connectivity index (χ0) is 17.1. The summed E-state index contributed by atoms with van der Waals surface area (Å²) in [6.07, 6.45) is 2.23. The maximum Gasteiger partial charge on any atom is 0.204 e. The number of phenols is 1. The highest BCUT2D eigenvalue weighted by atomic mass is 79.9.